The highest BCUT2D eigenvalue weighted by atomic mass is 32.2. The van der Waals surface area contributed by atoms with E-state index in [4.69, 9.17) is 14.4 Å². The number of fused-ring (bicyclic) bond motifs is 1. The van der Waals surface area contributed by atoms with Gasteiger partial charge < -0.3 is 19.7 Å². The molecule has 0 aliphatic carbocycles. The SMILES string of the molecule is CNC(=O)/C(=N/OC)c1ccccc1CON=CCC1=C(C)SC2N1N=CN2c1ccc(OC)cc1. The molecule has 188 valence electrons. The van der Waals surface area contributed by atoms with E-state index in [-0.39, 0.29) is 23.7 Å². The van der Waals surface area contributed by atoms with Gasteiger partial charge in [-0.05, 0) is 31.2 Å². The lowest BCUT2D eigenvalue weighted by atomic mass is 10.0. The number of rotatable bonds is 10. The van der Waals surface area contributed by atoms with Crippen LogP contribution >= 0.6 is 11.8 Å². The number of nitrogens with zero attached hydrogens (tertiary/aromatic N) is 5. The Morgan fingerprint density at radius 3 is 2.69 bits per heavy atom. The normalized spacial score (nSPS) is 17.1. The molecule has 0 aromatic heterocycles. The molecule has 2 aromatic rings. The number of amides is 1. The molecule has 11 heteroatoms. The standard InChI is InChI=1S/C25H28N6O4S/c1-17-22(31-25(36-17)30(16-27-31)19-9-11-20(33-3)12-10-19)13-14-28-35-15-18-7-5-6-8-21(18)23(29-34-4)24(32)26-2/h5-12,14,16,25H,13,15H2,1-4H3,(H,26,32)/b28-14?,29-23+. The summed E-state index contributed by atoms with van der Waals surface area (Å²) in [5.74, 6) is 0.467. The van der Waals surface area contributed by atoms with Crippen LogP contribution in [0.3, 0.4) is 0 Å². The van der Waals surface area contributed by atoms with Gasteiger partial charge in [0.2, 0.25) is 0 Å². The Bertz CT molecular complexity index is 1210. The van der Waals surface area contributed by atoms with Crippen molar-refractivity contribution in [3.63, 3.8) is 0 Å². The topological polar surface area (TPSA) is 100 Å². The van der Waals surface area contributed by atoms with Gasteiger partial charge in [0, 0.05) is 41.4 Å². The van der Waals surface area contributed by atoms with Crippen LogP contribution in [0.2, 0.25) is 0 Å². The number of likely N-dealkylation sites (N-methyl/N-ethyl adjacent to an activating group) is 1. The first kappa shape index (κ1) is 25.1. The largest absolute Gasteiger partial charge is 0.497 e. The van der Waals surface area contributed by atoms with E-state index in [9.17, 15) is 4.79 Å². The smallest absolute Gasteiger partial charge is 0.273 e. The fraction of sp³-hybridized carbons (Fsp3) is 0.280. The number of anilines is 1. The van der Waals surface area contributed by atoms with E-state index in [1.807, 2.05) is 53.8 Å². The summed E-state index contributed by atoms with van der Waals surface area (Å²) >= 11 is 1.74. The number of methoxy groups -OCH3 is 1. The third-order valence-corrected chi connectivity index (χ3v) is 6.86. The van der Waals surface area contributed by atoms with Crippen LogP contribution in [0.1, 0.15) is 24.5 Å². The van der Waals surface area contributed by atoms with Crippen LogP contribution in [0.5, 0.6) is 5.75 Å². The van der Waals surface area contributed by atoms with Crippen molar-refractivity contribution in [3.05, 3.63) is 70.3 Å². The molecule has 10 nitrogen and oxygen atoms in total. The number of nitrogens with one attached hydrogen (secondary N) is 1. The van der Waals surface area contributed by atoms with Gasteiger partial charge in [-0.15, -0.1) is 0 Å². The van der Waals surface area contributed by atoms with Crippen LogP contribution in [0.25, 0.3) is 0 Å². The second kappa shape index (κ2) is 11.6. The van der Waals surface area contributed by atoms with Gasteiger partial charge in [0.1, 0.15) is 25.8 Å². The minimum absolute atomic E-state index is 0.0257. The second-order valence-electron chi connectivity index (χ2n) is 7.75. The Labute approximate surface area is 214 Å². The molecular weight excluding hydrogens is 480 g/mol. The van der Waals surface area contributed by atoms with Gasteiger partial charge in [-0.25, -0.2) is 5.01 Å². The maximum atomic E-state index is 12.2. The van der Waals surface area contributed by atoms with Crippen molar-refractivity contribution in [2.45, 2.75) is 25.4 Å². The van der Waals surface area contributed by atoms with Crippen LogP contribution in [0, 0.1) is 0 Å². The van der Waals surface area contributed by atoms with Gasteiger partial charge in [0.15, 0.2) is 11.2 Å². The highest BCUT2D eigenvalue weighted by Gasteiger charge is 2.38. The fourth-order valence-electron chi connectivity index (χ4n) is 3.81. The molecule has 2 aromatic carbocycles. The zero-order valence-corrected chi connectivity index (χ0v) is 21.4. The van der Waals surface area contributed by atoms with E-state index in [1.54, 1.807) is 38.2 Å². The van der Waals surface area contributed by atoms with Gasteiger partial charge in [-0.2, -0.15) is 5.10 Å². The van der Waals surface area contributed by atoms with Gasteiger partial charge in [0.25, 0.3) is 5.91 Å². The van der Waals surface area contributed by atoms with E-state index in [2.05, 4.69) is 32.6 Å². The molecule has 1 N–H and O–H groups in total. The maximum absolute atomic E-state index is 12.2. The van der Waals surface area contributed by atoms with Crippen molar-refractivity contribution in [3.8, 4) is 5.75 Å². The quantitative estimate of drug-likeness (QED) is 0.386. The molecule has 1 amide bonds. The molecule has 2 aliphatic rings. The molecule has 0 saturated carbocycles. The monoisotopic (exact) mass is 508 g/mol. The number of hydrogen-bond donors (Lipinski definition) is 1. The molecule has 1 unspecified atom stereocenters. The molecule has 0 radical (unpaired) electrons. The van der Waals surface area contributed by atoms with Crippen LogP contribution in [0.4, 0.5) is 5.69 Å². The van der Waals surface area contributed by atoms with Crippen molar-refractivity contribution >= 4 is 41.6 Å². The van der Waals surface area contributed by atoms with E-state index < -0.39 is 0 Å². The number of benzene rings is 2. The molecule has 2 aliphatic heterocycles. The number of ether oxygens (including phenoxy) is 1. The minimum atomic E-state index is -0.349. The molecule has 1 atom stereocenters. The Balaban J connectivity index is 1.36. The summed E-state index contributed by atoms with van der Waals surface area (Å²) in [5, 5.41) is 17.2. The van der Waals surface area contributed by atoms with Gasteiger partial charge in [0.05, 0.1) is 12.8 Å². The van der Waals surface area contributed by atoms with Crippen molar-refractivity contribution in [1.82, 2.24) is 10.3 Å². The number of oxime groups is 2. The van der Waals surface area contributed by atoms with Crippen molar-refractivity contribution in [2.75, 3.05) is 26.2 Å². The molecule has 0 saturated heterocycles. The summed E-state index contributed by atoms with van der Waals surface area (Å²) in [6, 6.07) is 15.2. The molecule has 0 fully saturated rings. The number of hydrazone groups is 1. The van der Waals surface area contributed by atoms with E-state index in [0.29, 0.717) is 12.0 Å². The van der Waals surface area contributed by atoms with Crippen LogP contribution in [-0.4, -0.2) is 55.9 Å². The first-order valence-electron chi connectivity index (χ1n) is 11.2. The molecule has 36 heavy (non-hydrogen) atoms. The number of allylic oxidation sites excluding steroid dienone is 2. The Hall–Kier alpha value is -3.99. The average molecular weight is 509 g/mol. The summed E-state index contributed by atoms with van der Waals surface area (Å²) in [7, 11) is 4.60. The molecule has 0 spiro atoms. The second-order valence-corrected chi connectivity index (χ2v) is 9.02. The molecule has 0 bridgehead atoms. The zero-order chi connectivity index (χ0) is 25.5. The number of hydrogen-bond acceptors (Lipinski definition) is 10. The third kappa shape index (κ3) is 5.30. The van der Waals surface area contributed by atoms with Gasteiger partial charge in [-0.3, -0.25) is 9.69 Å². The third-order valence-electron chi connectivity index (χ3n) is 5.63. The van der Waals surface area contributed by atoms with Crippen LogP contribution < -0.4 is 15.0 Å². The zero-order valence-electron chi connectivity index (χ0n) is 20.5. The fourth-order valence-corrected chi connectivity index (χ4v) is 5.01. The van der Waals surface area contributed by atoms with Crippen molar-refractivity contribution in [2.24, 2.45) is 15.4 Å². The van der Waals surface area contributed by atoms with Gasteiger partial charge in [-0.1, -0.05) is 46.3 Å². The molecule has 4 rings (SSSR count). The molecular formula is C25H28N6O4S. The van der Waals surface area contributed by atoms with E-state index in [0.717, 1.165) is 22.7 Å². The summed E-state index contributed by atoms with van der Waals surface area (Å²) in [6.07, 6.45) is 4.13. The lowest BCUT2D eigenvalue weighted by Gasteiger charge is -2.25. The Kier molecular flexibility index (Phi) is 8.11. The predicted octanol–water partition coefficient (Wildman–Crippen LogP) is 3.71. The van der Waals surface area contributed by atoms with Crippen molar-refractivity contribution < 1.29 is 19.2 Å². The Morgan fingerprint density at radius 2 is 1.97 bits per heavy atom. The highest BCUT2D eigenvalue weighted by molar-refractivity contribution is 8.04. The summed E-state index contributed by atoms with van der Waals surface area (Å²) in [6.45, 7) is 2.26. The predicted molar refractivity (Wildman–Crippen MR) is 142 cm³/mol. The lowest BCUT2D eigenvalue weighted by molar-refractivity contribution is -0.114. The van der Waals surface area contributed by atoms with Crippen LogP contribution in [-0.2, 0) is 21.1 Å². The first-order valence-corrected chi connectivity index (χ1v) is 12.1. The number of carbonyl (C=O) groups is 1. The summed E-state index contributed by atoms with van der Waals surface area (Å²) < 4.78 is 5.26. The summed E-state index contributed by atoms with van der Waals surface area (Å²) in [4.78, 5) is 25.9. The first-order chi connectivity index (χ1) is 17.6. The van der Waals surface area contributed by atoms with Crippen LogP contribution in [0.15, 0.2) is 74.5 Å². The Morgan fingerprint density at radius 1 is 1.19 bits per heavy atom. The van der Waals surface area contributed by atoms with Gasteiger partial charge >= 0.3 is 0 Å². The van der Waals surface area contributed by atoms with E-state index >= 15 is 0 Å². The van der Waals surface area contributed by atoms with E-state index in [1.165, 1.54) is 12.0 Å². The maximum Gasteiger partial charge on any atom is 0.273 e. The lowest BCUT2D eigenvalue weighted by Crippen LogP contribution is -2.33. The average Bonchev–Trinajstić information content (AvgIpc) is 3.45. The highest BCUT2D eigenvalue weighted by Crippen LogP contribution is 2.44. The number of carbonyl (C=O) groups excluding carboxylic acids is 1. The van der Waals surface area contributed by atoms with Crippen molar-refractivity contribution in [1.29, 1.82) is 0 Å². The molecule has 2 heterocycles. The minimum Gasteiger partial charge on any atom is -0.497 e. The number of thioether (sulfide) groups is 1. The summed E-state index contributed by atoms with van der Waals surface area (Å²) in [5.41, 5.74) is 3.69.